The van der Waals surface area contributed by atoms with Gasteiger partial charge in [-0.1, -0.05) is 0 Å². The lowest BCUT2D eigenvalue weighted by Gasteiger charge is -2.41. The van der Waals surface area contributed by atoms with Gasteiger partial charge in [-0.3, -0.25) is 9.59 Å². The summed E-state index contributed by atoms with van der Waals surface area (Å²) in [5, 5.41) is 10.8. The van der Waals surface area contributed by atoms with Gasteiger partial charge in [0.05, 0.1) is 18.4 Å². The molecule has 0 aromatic carbocycles. The maximum atomic E-state index is 13.3. The Morgan fingerprint density at radius 3 is 2.54 bits per heavy atom. The van der Waals surface area contributed by atoms with Crippen molar-refractivity contribution in [2.45, 2.75) is 32.0 Å². The molecule has 1 rings (SSSR count). The molecule has 1 fully saturated rings. The van der Waals surface area contributed by atoms with Crippen LogP contribution in [0.1, 0.15) is 20.3 Å². The number of amides is 1. The summed E-state index contributed by atoms with van der Waals surface area (Å²) in [7, 11) is 0. The first-order chi connectivity index (χ1) is 5.82. The second kappa shape index (κ2) is 2.97. The number of aliphatic carboxylic acids is 1. The number of rotatable bonds is 3. The topological polar surface area (TPSA) is 66.4 Å². The van der Waals surface area contributed by atoms with E-state index in [2.05, 4.69) is 5.32 Å². The van der Waals surface area contributed by atoms with Crippen LogP contribution in [0, 0.1) is 5.92 Å². The summed E-state index contributed by atoms with van der Waals surface area (Å²) in [5.41, 5.74) is -1.65. The second-order valence-corrected chi connectivity index (χ2v) is 3.76. The van der Waals surface area contributed by atoms with Crippen molar-refractivity contribution in [3.8, 4) is 0 Å². The van der Waals surface area contributed by atoms with E-state index in [9.17, 15) is 14.0 Å². The largest absolute Gasteiger partial charge is 0.481 e. The summed E-state index contributed by atoms with van der Waals surface area (Å²) in [6, 6.07) is -0.565. The van der Waals surface area contributed by atoms with Crippen LogP contribution in [0.4, 0.5) is 4.39 Å². The van der Waals surface area contributed by atoms with Crippen LogP contribution in [0.25, 0.3) is 0 Å². The summed E-state index contributed by atoms with van der Waals surface area (Å²) in [6.07, 6.45) is -0.218. The zero-order chi connectivity index (χ0) is 10.2. The van der Waals surface area contributed by atoms with E-state index in [-0.39, 0.29) is 6.42 Å². The number of nitrogens with one attached hydrogen (secondary N) is 1. The number of hydrogen-bond donors (Lipinski definition) is 2. The van der Waals surface area contributed by atoms with E-state index in [1.807, 2.05) is 0 Å². The van der Waals surface area contributed by atoms with Crippen molar-refractivity contribution in [3.63, 3.8) is 0 Å². The van der Waals surface area contributed by atoms with Crippen molar-refractivity contribution in [1.82, 2.24) is 5.32 Å². The highest BCUT2D eigenvalue weighted by Crippen LogP contribution is 2.32. The lowest BCUT2D eigenvalue weighted by atomic mass is 9.78. The van der Waals surface area contributed by atoms with Gasteiger partial charge < -0.3 is 10.4 Å². The van der Waals surface area contributed by atoms with Crippen molar-refractivity contribution in [2.75, 3.05) is 0 Å². The third kappa shape index (κ3) is 1.96. The highest BCUT2D eigenvalue weighted by Gasteiger charge is 2.49. The lowest BCUT2D eigenvalue weighted by Crippen LogP contribution is -2.64. The molecule has 0 radical (unpaired) electrons. The van der Waals surface area contributed by atoms with Crippen molar-refractivity contribution in [2.24, 2.45) is 5.92 Å². The number of β-lactam (4-membered cyclic amide) rings is 1. The maximum Gasteiger partial charge on any atom is 0.305 e. The Balaban J connectivity index is 2.62. The molecule has 2 atom stereocenters. The Hall–Kier alpha value is -1.13. The van der Waals surface area contributed by atoms with Crippen LogP contribution < -0.4 is 5.32 Å². The third-order valence-electron chi connectivity index (χ3n) is 2.15. The van der Waals surface area contributed by atoms with Gasteiger partial charge in [0.1, 0.15) is 5.67 Å². The minimum atomic E-state index is -1.65. The fraction of sp³-hybridized carbons (Fsp3) is 0.750. The van der Waals surface area contributed by atoms with E-state index >= 15 is 0 Å². The van der Waals surface area contributed by atoms with E-state index in [0.717, 1.165) is 0 Å². The smallest absolute Gasteiger partial charge is 0.305 e. The normalized spacial score (nSPS) is 27.8. The monoisotopic (exact) mass is 189 g/mol. The van der Waals surface area contributed by atoms with Gasteiger partial charge in [-0.2, -0.15) is 0 Å². The summed E-state index contributed by atoms with van der Waals surface area (Å²) in [6.45, 7) is 2.57. The average molecular weight is 189 g/mol. The molecule has 0 aromatic heterocycles. The number of carbonyl (C=O) groups excluding carboxylic acids is 1. The van der Waals surface area contributed by atoms with Gasteiger partial charge in [0, 0.05) is 0 Å². The van der Waals surface area contributed by atoms with E-state index in [0.29, 0.717) is 0 Å². The van der Waals surface area contributed by atoms with Gasteiger partial charge in [-0.05, 0) is 13.8 Å². The predicted molar refractivity (Wildman–Crippen MR) is 42.9 cm³/mol. The summed E-state index contributed by atoms with van der Waals surface area (Å²) in [5.74, 6) is -2.26. The minimum Gasteiger partial charge on any atom is -0.481 e. The van der Waals surface area contributed by atoms with E-state index in [1.54, 1.807) is 0 Å². The highest BCUT2D eigenvalue weighted by molar-refractivity contribution is 5.88. The van der Waals surface area contributed by atoms with Crippen LogP contribution in [0.2, 0.25) is 0 Å². The van der Waals surface area contributed by atoms with Crippen LogP contribution in [0.5, 0.6) is 0 Å². The molecular weight excluding hydrogens is 177 g/mol. The number of carbonyl (C=O) groups is 2. The molecule has 0 aromatic rings. The van der Waals surface area contributed by atoms with Gasteiger partial charge in [0.2, 0.25) is 5.91 Å². The molecule has 2 N–H and O–H groups in total. The first-order valence-corrected chi connectivity index (χ1v) is 4.03. The molecule has 2 unspecified atom stereocenters. The molecule has 1 amide bonds. The highest BCUT2D eigenvalue weighted by atomic mass is 19.1. The molecule has 1 heterocycles. The van der Waals surface area contributed by atoms with E-state index in [1.165, 1.54) is 13.8 Å². The average Bonchev–Trinajstić information content (AvgIpc) is 1.79. The van der Waals surface area contributed by atoms with Gasteiger partial charge in [0.15, 0.2) is 0 Å². The Morgan fingerprint density at radius 1 is 1.69 bits per heavy atom. The Bertz CT molecular complexity index is 246. The maximum absolute atomic E-state index is 13.3. The predicted octanol–water partition coefficient (Wildman–Crippen LogP) is 0.324. The van der Waals surface area contributed by atoms with Gasteiger partial charge in [-0.25, -0.2) is 4.39 Å². The fourth-order valence-electron chi connectivity index (χ4n) is 1.59. The SMILES string of the molecule is CC(C)(F)C1C(=O)NC1CC(=O)O. The zero-order valence-corrected chi connectivity index (χ0v) is 7.50. The van der Waals surface area contributed by atoms with Gasteiger partial charge in [0.25, 0.3) is 0 Å². The van der Waals surface area contributed by atoms with E-state index < -0.39 is 29.5 Å². The van der Waals surface area contributed by atoms with Crippen LogP contribution in [-0.4, -0.2) is 28.7 Å². The standard InChI is InChI=1S/C8H12FNO3/c1-8(2,9)6-4(3-5(11)12)10-7(6)13/h4,6H,3H2,1-2H3,(H,10,13)(H,11,12). The Morgan fingerprint density at radius 2 is 2.23 bits per heavy atom. The second-order valence-electron chi connectivity index (χ2n) is 3.76. The van der Waals surface area contributed by atoms with Crippen molar-refractivity contribution in [1.29, 1.82) is 0 Å². The molecule has 0 spiro atoms. The van der Waals surface area contributed by atoms with Crippen LogP contribution in [0.3, 0.4) is 0 Å². The summed E-state index contributed by atoms with van der Waals surface area (Å²) < 4.78 is 13.3. The summed E-state index contributed by atoms with van der Waals surface area (Å²) >= 11 is 0. The fourth-order valence-corrected chi connectivity index (χ4v) is 1.59. The Labute approximate surface area is 75.1 Å². The number of carboxylic acids is 1. The molecule has 1 saturated heterocycles. The number of hydrogen-bond acceptors (Lipinski definition) is 2. The van der Waals surface area contributed by atoms with Crippen LogP contribution >= 0.6 is 0 Å². The van der Waals surface area contributed by atoms with Crippen LogP contribution in [0.15, 0.2) is 0 Å². The molecule has 1 aliphatic heterocycles. The molecule has 0 saturated carbocycles. The summed E-state index contributed by atoms with van der Waals surface area (Å²) in [4.78, 5) is 21.2. The lowest BCUT2D eigenvalue weighted by molar-refractivity contribution is -0.147. The van der Waals surface area contributed by atoms with Crippen molar-refractivity contribution >= 4 is 11.9 Å². The van der Waals surface area contributed by atoms with Crippen molar-refractivity contribution < 1.29 is 19.1 Å². The number of alkyl halides is 1. The molecule has 0 bridgehead atoms. The number of halogens is 1. The molecule has 74 valence electrons. The van der Waals surface area contributed by atoms with E-state index in [4.69, 9.17) is 5.11 Å². The van der Waals surface area contributed by atoms with Crippen LogP contribution in [-0.2, 0) is 9.59 Å². The molecule has 0 aliphatic carbocycles. The molecule has 1 aliphatic rings. The minimum absolute atomic E-state index is 0.218. The first-order valence-electron chi connectivity index (χ1n) is 4.03. The quantitative estimate of drug-likeness (QED) is 0.628. The zero-order valence-electron chi connectivity index (χ0n) is 7.50. The Kier molecular flexibility index (Phi) is 2.28. The van der Waals surface area contributed by atoms with Crippen molar-refractivity contribution in [3.05, 3.63) is 0 Å². The third-order valence-corrected chi connectivity index (χ3v) is 2.15. The molecule has 13 heavy (non-hydrogen) atoms. The van der Waals surface area contributed by atoms with Gasteiger partial charge in [-0.15, -0.1) is 0 Å². The molecule has 5 heteroatoms. The molecular formula is C8H12FNO3. The first kappa shape index (κ1) is 9.95. The van der Waals surface area contributed by atoms with Gasteiger partial charge >= 0.3 is 5.97 Å². The number of carboxylic acid groups (broad SMARTS) is 1. The molecule has 4 nitrogen and oxygen atoms in total.